The number of morpholine rings is 1. The summed E-state index contributed by atoms with van der Waals surface area (Å²) >= 11 is 0. The Bertz CT molecular complexity index is 475. The van der Waals surface area contributed by atoms with Crippen LogP contribution in [0.3, 0.4) is 0 Å². The highest BCUT2D eigenvalue weighted by Crippen LogP contribution is 2.20. The molecule has 1 fully saturated rings. The minimum absolute atomic E-state index is 0.0163. The summed E-state index contributed by atoms with van der Waals surface area (Å²) in [6.07, 6.45) is -0.284. The molecule has 0 spiro atoms. The van der Waals surface area contributed by atoms with E-state index in [1.165, 1.54) is 0 Å². The van der Waals surface area contributed by atoms with Crippen LogP contribution in [0.2, 0.25) is 0 Å². The van der Waals surface area contributed by atoms with Crippen molar-refractivity contribution in [3.05, 3.63) is 29.3 Å². The van der Waals surface area contributed by atoms with E-state index in [9.17, 15) is 4.79 Å². The fraction of sp³-hybridized carbons (Fsp3) is 0.533. The number of aliphatic hydroxyl groups is 1. The van der Waals surface area contributed by atoms with Crippen molar-refractivity contribution in [2.45, 2.75) is 20.0 Å². The highest BCUT2D eigenvalue weighted by atomic mass is 16.5. The molecule has 20 heavy (non-hydrogen) atoms. The summed E-state index contributed by atoms with van der Waals surface area (Å²) in [5, 5.41) is 9.07. The van der Waals surface area contributed by atoms with Crippen LogP contribution >= 0.6 is 0 Å². The Labute approximate surface area is 119 Å². The van der Waals surface area contributed by atoms with Crippen LogP contribution < -0.4 is 4.74 Å². The summed E-state index contributed by atoms with van der Waals surface area (Å²) in [7, 11) is 0. The topological polar surface area (TPSA) is 59.0 Å². The summed E-state index contributed by atoms with van der Waals surface area (Å²) in [6.45, 7) is 5.37. The van der Waals surface area contributed by atoms with Crippen LogP contribution in [0.5, 0.6) is 5.75 Å². The lowest BCUT2D eigenvalue weighted by Gasteiger charge is -2.32. The van der Waals surface area contributed by atoms with Crippen molar-refractivity contribution in [2.24, 2.45) is 0 Å². The molecule has 0 saturated carbocycles. The molecule has 0 aromatic heterocycles. The Morgan fingerprint density at radius 1 is 1.50 bits per heavy atom. The number of nitrogens with zero attached hydrogens (tertiary/aromatic N) is 1. The van der Waals surface area contributed by atoms with Gasteiger partial charge in [0.15, 0.2) is 6.61 Å². The van der Waals surface area contributed by atoms with Gasteiger partial charge in [0.1, 0.15) is 5.75 Å². The van der Waals surface area contributed by atoms with Crippen molar-refractivity contribution in [3.8, 4) is 5.75 Å². The second-order valence-corrected chi connectivity index (χ2v) is 5.00. The van der Waals surface area contributed by atoms with Gasteiger partial charge in [-0.15, -0.1) is 0 Å². The number of hydrogen-bond acceptors (Lipinski definition) is 4. The van der Waals surface area contributed by atoms with Gasteiger partial charge in [-0.3, -0.25) is 4.79 Å². The van der Waals surface area contributed by atoms with Gasteiger partial charge < -0.3 is 19.5 Å². The van der Waals surface area contributed by atoms with Gasteiger partial charge in [0.05, 0.1) is 19.3 Å². The van der Waals surface area contributed by atoms with Crippen molar-refractivity contribution >= 4 is 5.91 Å². The molecule has 1 N–H and O–H groups in total. The molecular formula is C15H21NO4. The van der Waals surface area contributed by atoms with Crippen LogP contribution in [0.4, 0.5) is 0 Å². The molecule has 1 heterocycles. The van der Waals surface area contributed by atoms with Gasteiger partial charge >= 0.3 is 0 Å². The molecular weight excluding hydrogens is 258 g/mol. The Morgan fingerprint density at radius 3 is 3.05 bits per heavy atom. The fourth-order valence-corrected chi connectivity index (χ4v) is 2.17. The van der Waals surface area contributed by atoms with Crippen LogP contribution in [-0.2, 0) is 9.53 Å². The molecule has 5 nitrogen and oxygen atoms in total. The third-order valence-electron chi connectivity index (χ3n) is 3.60. The molecule has 5 heteroatoms. The van der Waals surface area contributed by atoms with E-state index >= 15 is 0 Å². The van der Waals surface area contributed by atoms with E-state index in [4.69, 9.17) is 14.6 Å². The van der Waals surface area contributed by atoms with Gasteiger partial charge in [0.2, 0.25) is 0 Å². The Balaban J connectivity index is 1.90. The van der Waals surface area contributed by atoms with Gasteiger partial charge in [-0.2, -0.15) is 0 Å². The van der Waals surface area contributed by atoms with Crippen LogP contribution in [0.15, 0.2) is 18.2 Å². The molecule has 1 aliphatic rings. The monoisotopic (exact) mass is 279 g/mol. The predicted octanol–water partition coefficient (Wildman–Crippen LogP) is 0.902. The standard InChI is InChI=1S/C15H21NO4/c1-11-4-3-5-14(12(11)2)20-10-15(18)16-6-7-19-13(8-16)9-17/h3-5,13,17H,6-10H2,1-2H3. The van der Waals surface area contributed by atoms with Gasteiger partial charge in [0.25, 0.3) is 5.91 Å². The summed E-state index contributed by atoms with van der Waals surface area (Å²) < 4.78 is 10.9. The second kappa shape index (κ2) is 6.72. The van der Waals surface area contributed by atoms with Crippen LogP contribution in [0, 0.1) is 13.8 Å². The number of aryl methyl sites for hydroxylation is 1. The van der Waals surface area contributed by atoms with E-state index in [-0.39, 0.29) is 25.2 Å². The minimum atomic E-state index is -0.284. The zero-order valence-electron chi connectivity index (χ0n) is 12.0. The molecule has 1 aromatic rings. The predicted molar refractivity (Wildman–Crippen MR) is 74.8 cm³/mol. The molecule has 1 aromatic carbocycles. The summed E-state index contributed by atoms with van der Waals surface area (Å²) in [6, 6.07) is 5.79. The molecule has 0 radical (unpaired) electrons. The molecule has 1 saturated heterocycles. The molecule has 1 aliphatic heterocycles. The maximum atomic E-state index is 12.1. The summed E-state index contributed by atoms with van der Waals surface area (Å²) in [4.78, 5) is 13.8. The van der Waals surface area contributed by atoms with Gasteiger partial charge in [-0.1, -0.05) is 12.1 Å². The van der Waals surface area contributed by atoms with Crippen molar-refractivity contribution in [3.63, 3.8) is 0 Å². The van der Waals surface area contributed by atoms with E-state index in [2.05, 4.69) is 0 Å². The number of ether oxygens (including phenoxy) is 2. The van der Waals surface area contributed by atoms with Crippen LogP contribution in [0.1, 0.15) is 11.1 Å². The van der Waals surface area contributed by atoms with Gasteiger partial charge in [-0.05, 0) is 31.0 Å². The SMILES string of the molecule is Cc1cccc(OCC(=O)N2CCOC(CO)C2)c1C. The van der Waals surface area contributed by atoms with E-state index in [1.54, 1.807) is 4.90 Å². The molecule has 0 bridgehead atoms. The normalized spacial score (nSPS) is 18.9. The Kier molecular flexibility index (Phi) is 4.98. The number of carbonyl (C=O) groups is 1. The maximum absolute atomic E-state index is 12.1. The lowest BCUT2D eigenvalue weighted by molar-refractivity contribution is -0.142. The lowest BCUT2D eigenvalue weighted by Crippen LogP contribution is -2.48. The number of carbonyl (C=O) groups excluding carboxylic acids is 1. The molecule has 2 rings (SSSR count). The summed E-state index contributed by atoms with van der Waals surface area (Å²) in [5.41, 5.74) is 2.19. The Hall–Kier alpha value is -1.59. The summed E-state index contributed by atoms with van der Waals surface area (Å²) in [5.74, 6) is 0.665. The molecule has 1 amide bonds. The number of rotatable bonds is 4. The van der Waals surface area contributed by atoms with Crippen molar-refractivity contribution in [2.75, 3.05) is 32.9 Å². The van der Waals surface area contributed by atoms with E-state index in [0.717, 1.165) is 16.9 Å². The first-order chi connectivity index (χ1) is 9.61. The van der Waals surface area contributed by atoms with Gasteiger partial charge in [-0.25, -0.2) is 0 Å². The zero-order chi connectivity index (χ0) is 14.5. The van der Waals surface area contributed by atoms with Crippen LogP contribution in [0.25, 0.3) is 0 Å². The van der Waals surface area contributed by atoms with Crippen molar-refractivity contribution in [1.29, 1.82) is 0 Å². The van der Waals surface area contributed by atoms with Crippen molar-refractivity contribution in [1.82, 2.24) is 4.90 Å². The maximum Gasteiger partial charge on any atom is 0.260 e. The van der Waals surface area contributed by atoms with E-state index < -0.39 is 0 Å². The average molecular weight is 279 g/mol. The fourth-order valence-electron chi connectivity index (χ4n) is 2.17. The van der Waals surface area contributed by atoms with Crippen LogP contribution in [-0.4, -0.2) is 54.9 Å². The van der Waals surface area contributed by atoms with Gasteiger partial charge in [0, 0.05) is 13.1 Å². The third-order valence-corrected chi connectivity index (χ3v) is 3.60. The molecule has 1 unspecified atom stereocenters. The highest BCUT2D eigenvalue weighted by Gasteiger charge is 2.23. The number of benzene rings is 1. The smallest absolute Gasteiger partial charge is 0.260 e. The van der Waals surface area contributed by atoms with Crippen molar-refractivity contribution < 1.29 is 19.4 Å². The molecule has 0 aliphatic carbocycles. The number of aliphatic hydroxyl groups excluding tert-OH is 1. The zero-order valence-corrected chi connectivity index (χ0v) is 12.0. The largest absolute Gasteiger partial charge is 0.483 e. The molecule has 1 atom stereocenters. The lowest BCUT2D eigenvalue weighted by atomic mass is 10.1. The number of hydrogen-bond donors (Lipinski definition) is 1. The third kappa shape index (κ3) is 3.49. The van der Waals surface area contributed by atoms with E-state index in [1.807, 2.05) is 32.0 Å². The second-order valence-electron chi connectivity index (χ2n) is 5.00. The first-order valence-corrected chi connectivity index (χ1v) is 6.81. The average Bonchev–Trinajstić information content (AvgIpc) is 2.48. The minimum Gasteiger partial charge on any atom is -0.483 e. The first-order valence-electron chi connectivity index (χ1n) is 6.81. The molecule has 110 valence electrons. The number of amides is 1. The Morgan fingerprint density at radius 2 is 2.30 bits per heavy atom. The quantitative estimate of drug-likeness (QED) is 0.889. The first kappa shape index (κ1) is 14.8. The highest BCUT2D eigenvalue weighted by molar-refractivity contribution is 5.78. The van der Waals surface area contributed by atoms with E-state index in [0.29, 0.717) is 19.7 Å².